The third kappa shape index (κ3) is 3.46. The monoisotopic (exact) mass is 252 g/mol. The van der Waals surface area contributed by atoms with Gasteiger partial charge in [-0.3, -0.25) is 4.79 Å². The average molecular weight is 253 g/mol. The summed E-state index contributed by atoms with van der Waals surface area (Å²) in [6.07, 6.45) is 1.33. The molecule has 0 bridgehead atoms. The van der Waals surface area contributed by atoms with Crippen LogP contribution in [0.4, 0.5) is 0 Å². The molecule has 0 aliphatic rings. The molecular formula is C12H13BrO. The van der Waals surface area contributed by atoms with Crippen molar-refractivity contribution in [2.75, 3.05) is 0 Å². The Labute approximate surface area is 93.0 Å². The quantitative estimate of drug-likeness (QED) is 0.585. The molecule has 0 atom stereocenters. The molecule has 0 aliphatic carbocycles. The minimum Gasteiger partial charge on any atom is -0.294 e. The molecule has 0 aromatic heterocycles. The van der Waals surface area contributed by atoms with Gasteiger partial charge in [0.05, 0.1) is 0 Å². The second-order valence-corrected chi connectivity index (χ2v) is 4.30. The van der Waals surface area contributed by atoms with Gasteiger partial charge in [-0.05, 0) is 25.5 Å². The van der Waals surface area contributed by atoms with Crippen LogP contribution < -0.4 is 0 Å². The van der Waals surface area contributed by atoms with Crippen LogP contribution in [0.15, 0.2) is 40.9 Å². The van der Waals surface area contributed by atoms with E-state index in [1.807, 2.05) is 31.2 Å². The number of ketones is 1. The Morgan fingerprint density at radius 2 is 1.86 bits per heavy atom. The molecule has 1 nitrogen and oxygen atoms in total. The van der Waals surface area contributed by atoms with E-state index >= 15 is 0 Å². The van der Waals surface area contributed by atoms with Crippen LogP contribution in [0.5, 0.6) is 0 Å². The van der Waals surface area contributed by atoms with Gasteiger partial charge in [-0.25, -0.2) is 0 Å². The van der Waals surface area contributed by atoms with E-state index in [9.17, 15) is 4.79 Å². The second-order valence-electron chi connectivity index (χ2n) is 3.39. The fourth-order valence-corrected chi connectivity index (χ4v) is 1.37. The number of rotatable bonds is 4. The highest BCUT2D eigenvalue weighted by Crippen LogP contribution is 2.13. The molecule has 0 saturated heterocycles. The molecule has 0 spiro atoms. The van der Waals surface area contributed by atoms with Crippen molar-refractivity contribution in [1.29, 1.82) is 0 Å². The molecule has 0 N–H and O–H groups in total. The summed E-state index contributed by atoms with van der Waals surface area (Å²) in [7, 11) is 0. The fraction of sp³-hybridized carbons (Fsp3) is 0.250. The number of benzene rings is 1. The summed E-state index contributed by atoms with van der Waals surface area (Å²) in [5, 5.41) is 0. The molecule has 0 saturated carbocycles. The molecular weight excluding hydrogens is 240 g/mol. The van der Waals surface area contributed by atoms with Crippen molar-refractivity contribution in [3.63, 3.8) is 0 Å². The van der Waals surface area contributed by atoms with Crippen LogP contribution in [0.2, 0.25) is 0 Å². The largest absolute Gasteiger partial charge is 0.294 e. The molecule has 14 heavy (non-hydrogen) atoms. The molecule has 0 fully saturated rings. The van der Waals surface area contributed by atoms with Crippen molar-refractivity contribution in [1.82, 2.24) is 0 Å². The number of allylic oxidation sites excluding steroid dienone is 1. The summed E-state index contributed by atoms with van der Waals surface area (Å²) >= 11 is 3.33. The lowest BCUT2D eigenvalue weighted by Crippen LogP contribution is -1.98. The molecule has 0 unspecified atom stereocenters. The molecule has 0 aliphatic heterocycles. The minimum atomic E-state index is 0.181. The van der Waals surface area contributed by atoms with Gasteiger partial charge in [-0.1, -0.05) is 33.6 Å². The first-order chi connectivity index (χ1) is 6.59. The first kappa shape index (κ1) is 11.2. The van der Waals surface area contributed by atoms with Crippen LogP contribution >= 0.6 is 15.9 Å². The number of carbonyl (C=O) groups is 1. The first-order valence-corrected chi connectivity index (χ1v) is 5.32. The summed E-state index contributed by atoms with van der Waals surface area (Å²) in [5.74, 6) is 0.181. The van der Waals surface area contributed by atoms with Gasteiger partial charge in [0.15, 0.2) is 5.78 Å². The minimum absolute atomic E-state index is 0.181. The van der Waals surface area contributed by atoms with Crippen molar-refractivity contribution in [2.24, 2.45) is 0 Å². The van der Waals surface area contributed by atoms with Crippen molar-refractivity contribution < 1.29 is 4.79 Å². The van der Waals surface area contributed by atoms with E-state index < -0.39 is 0 Å². The fourth-order valence-electron chi connectivity index (χ4n) is 1.11. The van der Waals surface area contributed by atoms with E-state index in [1.165, 1.54) is 0 Å². The highest BCUT2D eigenvalue weighted by molar-refractivity contribution is 9.10. The van der Waals surface area contributed by atoms with Crippen LogP contribution in [0.3, 0.4) is 0 Å². The number of hydrogen-bond donors (Lipinski definition) is 0. The van der Waals surface area contributed by atoms with Crippen LogP contribution in [-0.2, 0) is 0 Å². The number of hydrogen-bond acceptors (Lipinski definition) is 1. The number of Topliss-reactive ketones (excluding diaryl/α,β-unsaturated/α-hetero) is 1. The van der Waals surface area contributed by atoms with Crippen molar-refractivity contribution in [2.45, 2.75) is 19.8 Å². The Kier molecular flexibility index (Phi) is 4.08. The Morgan fingerprint density at radius 1 is 1.29 bits per heavy atom. The zero-order chi connectivity index (χ0) is 10.6. The maximum atomic E-state index is 11.6. The third-order valence-electron chi connectivity index (χ3n) is 1.95. The van der Waals surface area contributed by atoms with Gasteiger partial charge >= 0.3 is 0 Å². The summed E-state index contributed by atoms with van der Waals surface area (Å²) in [5.41, 5.74) is 1.82. The van der Waals surface area contributed by atoms with Crippen LogP contribution in [-0.4, -0.2) is 5.78 Å². The first-order valence-electron chi connectivity index (χ1n) is 4.53. The molecule has 0 heterocycles. The van der Waals surface area contributed by atoms with E-state index in [2.05, 4.69) is 22.5 Å². The Bertz CT molecular complexity index is 338. The van der Waals surface area contributed by atoms with E-state index in [-0.39, 0.29) is 5.78 Å². The van der Waals surface area contributed by atoms with Gasteiger partial charge in [0.25, 0.3) is 0 Å². The van der Waals surface area contributed by atoms with E-state index in [1.54, 1.807) is 0 Å². The highest BCUT2D eigenvalue weighted by atomic mass is 79.9. The Morgan fingerprint density at radius 3 is 2.36 bits per heavy atom. The summed E-state index contributed by atoms with van der Waals surface area (Å²) < 4.78 is 0.994. The summed E-state index contributed by atoms with van der Waals surface area (Å²) in [6.45, 7) is 5.71. The lowest BCUT2D eigenvalue weighted by Gasteiger charge is -2.00. The van der Waals surface area contributed by atoms with Gasteiger partial charge in [0, 0.05) is 16.5 Å². The van der Waals surface area contributed by atoms with E-state index in [0.717, 1.165) is 22.0 Å². The predicted octanol–water partition coefficient (Wildman–Crippen LogP) is 3.99. The molecule has 1 rings (SSSR count). The maximum Gasteiger partial charge on any atom is 0.163 e. The predicted molar refractivity (Wildman–Crippen MR) is 62.5 cm³/mol. The molecule has 1 aromatic carbocycles. The average Bonchev–Trinajstić information content (AvgIpc) is 2.15. The molecule has 1 aromatic rings. The summed E-state index contributed by atoms with van der Waals surface area (Å²) in [4.78, 5) is 11.6. The number of carbonyl (C=O) groups excluding carboxylic acids is 1. The lowest BCUT2D eigenvalue weighted by atomic mass is 10.0. The van der Waals surface area contributed by atoms with Crippen molar-refractivity contribution in [3.8, 4) is 0 Å². The van der Waals surface area contributed by atoms with Gasteiger partial charge in [-0.15, -0.1) is 6.58 Å². The topological polar surface area (TPSA) is 17.1 Å². The smallest absolute Gasteiger partial charge is 0.163 e. The lowest BCUT2D eigenvalue weighted by molar-refractivity contribution is 0.0983. The zero-order valence-electron chi connectivity index (χ0n) is 8.22. The van der Waals surface area contributed by atoms with E-state index in [0.29, 0.717) is 6.42 Å². The van der Waals surface area contributed by atoms with Gasteiger partial charge in [-0.2, -0.15) is 0 Å². The van der Waals surface area contributed by atoms with Gasteiger partial charge < -0.3 is 0 Å². The van der Waals surface area contributed by atoms with Crippen molar-refractivity contribution >= 4 is 21.7 Å². The summed E-state index contributed by atoms with van der Waals surface area (Å²) in [6, 6.07) is 7.44. The molecule has 0 amide bonds. The highest BCUT2D eigenvalue weighted by Gasteiger charge is 2.04. The van der Waals surface area contributed by atoms with Crippen LogP contribution in [0, 0.1) is 0 Å². The zero-order valence-corrected chi connectivity index (χ0v) is 9.80. The van der Waals surface area contributed by atoms with Gasteiger partial charge in [0.1, 0.15) is 0 Å². The Hall–Kier alpha value is -0.890. The maximum absolute atomic E-state index is 11.6. The normalized spacial score (nSPS) is 9.86. The Balaban J connectivity index is 2.61. The SMILES string of the molecule is C=C(C)CCC(=O)c1ccc(Br)cc1. The van der Waals surface area contributed by atoms with Crippen molar-refractivity contribution in [3.05, 3.63) is 46.5 Å². The van der Waals surface area contributed by atoms with Crippen LogP contribution in [0.25, 0.3) is 0 Å². The third-order valence-corrected chi connectivity index (χ3v) is 2.47. The number of halogens is 1. The van der Waals surface area contributed by atoms with Gasteiger partial charge in [0.2, 0.25) is 0 Å². The molecule has 74 valence electrons. The molecule has 0 radical (unpaired) electrons. The van der Waals surface area contributed by atoms with E-state index in [4.69, 9.17) is 0 Å². The second kappa shape index (κ2) is 5.11. The molecule has 2 heteroatoms. The van der Waals surface area contributed by atoms with Crippen LogP contribution in [0.1, 0.15) is 30.1 Å². The standard InChI is InChI=1S/C12H13BrO/c1-9(2)3-8-12(14)10-4-6-11(13)7-5-10/h4-7H,1,3,8H2,2H3.